The molecule has 122 valence electrons. The van der Waals surface area contributed by atoms with Crippen LogP contribution in [0.15, 0.2) is 12.4 Å². The number of hydrogen-bond donors (Lipinski definition) is 1. The Morgan fingerprint density at radius 2 is 2.00 bits per heavy atom. The Labute approximate surface area is 132 Å². The molecule has 0 unspecified atom stereocenters. The molecule has 0 aliphatic heterocycles. The Kier molecular flexibility index (Phi) is 7.49. The van der Waals surface area contributed by atoms with Crippen LogP contribution in [0.3, 0.4) is 0 Å². The van der Waals surface area contributed by atoms with Crippen LogP contribution in [0.2, 0.25) is 0 Å². The lowest BCUT2D eigenvalue weighted by molar-refractivity contribution is -0.121. The third-order valence-corrected chi connectivity index (χ3v) is 3.32. The Bertz CT molecular complexity index is 485. The first kappa shape index (κ1) is 18.1. The molecule has 1 N–H and O–H groups in total. The van der Waals surface area contributed by atoms with Gasteiger partial charge in [0.2, 0.25) is 5.91 Å². The average molecular weight is 306 g/mol. The molecule has 6 nitrogen and oxygen atoms in total. The maximum atomic E-state index is 12.3. The van der Waals surface area contributed by atoms with Gasteiger partial charge in [-0.15, -0.1) is 0 Å². The lowest BCUT2D eigenvalue weighted by Gasteiger charge is -2.20. The molecule has 2 amide bonds. The first-order valence-electron chi connectivity index (χ1n) is 7.78. The van der Waals surface area contributed by atoms with Crippen molar-refractivity contribution in [3.8, 4) is 0 Å². The second-order valence-corrected chi connectivity index (χ2v) is 5.71. The zero-order valence-electron chi connectivity index (χ0n) is 13.9. The summed E-state index contributed by atoms with van der Waals surface area (Å²) in [6, 6.07) is 0. The van der Waals surface area contributed by atoms with Crippen molar-refractivity contribution in [3.63, 3.8) is 0 Å². The Morgan fingerprint density at radius 1 is 1.27 bits per heavy atom. The average Bonchev–Trinajstić information content (AvgIpc) is 2.48. The molecule has 1 aromatic rings. The number of aromatic nitrogens is 2. The summed E-state index contributed by atoms with van der Waals surface area (Å²) < 4.78 is 0. The molecular weight excluding hydrogens is 280 g/mol. The third-order valence-electron chi connectivity index (χ3n) is 3.32. The van der Waals surface area contributed by atoms with Gasteiger partial charge < -0.3 is 10.2 Å². The van der Waals surface area contributed by atoms with Crippen LogP contribution in [0.1, 0.15) is 49.8 Å². The summed E-state index contributed by atoms with van der Waals surface area (Å²) in [4.78, 5) is 33.8. The summed E-state index contributed by atoms with van der Waals surface area (Å²) in [6.07, 6.45) is 4.31. The molecule has 0 aliphatic carbocycles. The van der Waals surface area contributed by atoms with Crippen LogP contribution in [-0.2, 0) is 4.79 Å². The summed E-state index contributed by atoms with van der Waals surface area (Å²) in [6.45, 7) is 9.54. The second kappa shape index (κ2) is 9.12. The molecule has 0 saturated carbocycles. The van der Waals surface area contributed by atoms with Gasteiger partial charge in [-0.25, -0.2) is 4.98 Å². The van der Waals surface area contributed by atoms with E-state index in [2.05, 4.69) is 29.1 Å². The van der Waals surface area contributed by atoms with Crippen molar-refractivity contribution in [3.05, 3.63) is 23.8 Å². The highest BCUT2D eigenvalue weighted by Gasteiger charge is 2.16. The van der Waals surface area contributed by atoms with E-state index in [0.29, 0.717) is 37.7 Å². The number of carbonyl (C=O) groups is 2. The molecule has 0 atom stereocenters. The molecule has 1 rings (SSSR count). The van der Waals surface area contributed by atoms with Crippen molar-refractivity contribution in [1.29, 1.82) is 0 Å². The van der Waals surface area contributed by atoms with E-state index in [4.69, 9.17) is 0 Å². The normalized spacial score (nSPS) is 10.6. The quantitative estimate of drug-likeness (QED) is 0.794. The van der Waals surface area contributed by atoms with E-state index in [1.807, 2.05) is 13.8 Å². The number of rotatable bonds is 8. The van der Waals surface area contributed by atoms with Crippen molar-refractivity contribution in [2.75, 3.05) is 19.6 Å². The lowest BCUT2D eigenvalue weighted by atomic mass is 10.1. The Hall–Kier alpha value is -1.98. The highest BCUT2D eigenvalue weighted by atomic mass is 16.2. The van der Waals surface area contributed by atoms with E-state index in [1.54, 1.807) is 11.1 Å². The minimum absolute atomic E-state index is 0.0260. The number of nitrogens with zero attached hydrogens (tertiary/aromatic N) is 3. The number of amides is 2. The minimum Gasteiger partial charge on any atom is -0.356 e. The van der Waals surface area contributed by atoms with Crippen LogP contribution >= 0.6 is 0 Å². The van der Waals surface area contributed by atoms with Gasteiger partial charge >= 0.3 is 0 Å². The highest BCUT2D eigenvalue weighted by Crippen LogP contribution is 2.03. The van der Waals surface area contributed by atoms with Gasteiger partial charge in [0.25, 0.3) is 5.91 Å². The molecule has 22 heavy (non-hydrogen) atoms. The third kappa shape index (κ3) is 6.20. The number of hydrogen-bond acceptors (Lipinski definition) is 4. The van der Waals surface area contributed by atoms with Crippen LogP contribution in [0, 0.1) is 12.8 Å². The Balaban J connectivity index is 2.45. The van der Waals surface area contributed by atoms with Crippen LogP contribution in [0.4, 0.5) is 0 Å². The van der Waals surface area contributed by atoms with Crippen LogP contribution in [0.25, 0.3) is 0 Å². The molecule has 0 saturated heterocycles. The lowest BCUT2D eigenvalue weighted by Crippen LogP contribution is -2.36. The summed E-state index contributed by atoms with van der Waals surface area (Å²) in [5.41, 5.74) is 1.08. The standard InChI is InChI=1S/C16H26N4O2/c1-5-20(9-7-15(21)17-8-6-12(2)3)16(22)14-11-18-13(4)10-19-14/h10-12H,5-9H2,1-4H3,(H,17,21). The number of aryl methyl sites for hydroxylation is 1. The van der Waals surface area contributed by atoms with Crippen molar-refractivity contribution < 1.29 is 9.59 Å². The van der Waals surface area contributed by atoms with Gasteiger partial charge in [-0.3, -0.25) is 14.6 Å². The van der Waals surface area contributed by atoms with E-state index in [9.17, 15) is 9.59 Å². The van der Waals surface area contributed by atoms with Gasteiger partial charge in [0.1, 0.15) is 5.69 Å². The van der Waals surface area contributed by atoms with Crippen molar-refractivity contribution in [2.45, 2.75) is 40.5 Å². The molecule has 0 spiro atoms. The smallest absolute Gasteiger partial charge is 0.274 e. The van der Waals surface area contributed by atoms with E-state index in [-0.39, 0.29) is 11.8 Å². The zero-order valence-corrected chi connectivity index (χ0v) is 13.9. The van der Waals surface area contributed by atoms with E-state index in [1.165, 1.54) is 6.20 Å². The van der Waals surface area contributed by atoms with E-state index < -0.39 is 0 Å². The monoisotopic (exact) mass is 306 g/mol. The van der Waals surface area contributed by atoms with Crippen molar-refractivity contribution >= 4 is 11.8 Å². The number of carbonyl (C=O) groups excluding carboxylic acids is 2. The van der Waals surface area contributed by atoms with Gasteiger partial charge in [-0.1, -0.05) is 13.8 Å². The van der Waals surface area contributed by atoms with E-state index in [0.717, 1.165) is 12.1 Å². The molecule has 6 heteroatoms. The summed E-state index contributed by atoms with van der Waals surface area (Å²) in [5, 5.41) is 2.87. The molecule has 0 bridgehead atoms. The van der Waals surface area contributed by atoms with Gasteiger partial charge in [0.15, 0.2) is 0 Å². The molecule has 0 aromatic carbocycles. The van der Waals surface area contributed by atoms with Crippen molar-refractivity contribution in [1.82, 2.24) is 20.2 Å². The molecule has 0 fully saturated rings. The van der Waals surface area contributed by atoms with Gasteiger partial charge in [-0.05, 0) is 26.2 Å². The fourth-order valence-corrected chi connectivity index (χ4v) is 1.89. The first-order chi connectivity index (χ1) is 10.4. The Morgan fingerprint density at radius 3 is 2.55 bits per heavy atom. The molecular formula is C16H26N4O2. The SMILES string of the molecule is CCN(CCC(=O)NCCC(C)C)C(=O)c1cnc(C)cn1. The van der Waals surface area contributed by atoms with Crippen LogP contribution < -0.4 is 5.32 Å². The van der Waals surface area contributed by atoms with Crippen LogP contribution in [0.5, 0.6) is 0 Å². The van der Waals surface area contributed by atoms with Gasteiger partial charge in [0, 0.05) is 32.3 Å². The van der Waals surface area contributed by atoms with Gasteiger partial charge in [-0.2, -0.15) is 0 Å². The molecule has 1 aromatic heterocycles. The minimum atomic E-state index is -0.190. The number of nitrogens with one attached hydrogen (secondary N) is 1. The summed E-state index contributed by atoms with van der Waals surface area (Å²) in [7, 11) is 0. The van der Waals surface area contributed by atoms with E-state index >= 15 is 0 Å². The predicted molar refractivity (Wildman–Crippen MR) is 85.4 cm³/mol. The molecule has 1 heterocycles. The van der Waals surface area contributed by atoms with Crippen molar-refractivity contribution in [2.24, 2.45) is 5.92 Å². The van der Waals surface area contributed by atoms with Crippen LogP contribution in [-0.4, -0.2) is 46.3 Å². The topological polar surface area (TPSA) is 75.2 Å². The highest BCUT2D eigenvalue weighted by molar-refractivity contribution is 5.92. The largest absolute Gasteiger partial charge is 0.356 e. The molecule has 0 aliphatic rings. The fourth-order valence-electron chi connectivity index (χ4n) is 1.89. The summed E-state index contributed by atoms with van der Waals surface area (Å²) in [5.74, 6) is 0.348. The second-order valence-electron chi connectivity index (χ2n) is 5.71. The van der Waals surface area contributed by atoms with Gasteiger partial charge in [0.05, 0.1) is 11.9 Å². The fraction of sp³-hybridized carbons (Fsp3) is 0.625. The maximum absolute atomic E-state index is 12.3. The summed E-state index contributed by atoms with van der Waals surface area (Å²) >= 11 is 0. The zero-order chi connectivity index (χ0) is 16.5. The molecule has 0 radical (unpaired) electrons. The predicted octanol–water partition coefficient (Wildman–Crippen LogP) is 1.80. The maximum Gasteiger partial charge on any atom is 0.274 e. The first-order valence-corrected chi connectivity index (χ1v) is 7.78.